The second kappa shape index (κ2) is 5.29. The van der Waals surface area contributed by atoms with Crippen molar-refractivity contribution in [2.45, 2.75) is 17.7 Å². The second-order valence-electron chi connectivity index (χ2n) is 4.96. The van der Waals surface area contributed by atoms with Crippen molar-refractivity contribution in [3.63, 3.8) is 0 Å². The minimum Gasteiger partial charge on any atom is -0.399 e. The van der Waals surface area contributed by atoms with Gasteiger partial charge in [-0.3, -0.25) is 4.79 Å². The second-order valence-corrected chi connectivity index (χ2v) is 6.49. The Morgan fingerprint density at radius 3 is 2.65 bits per heavy atom. The number of benzene rings is 1. The van der Waals surface area contributed by atoms with Crippen molar-refractivity contribution >= 4 is 27.3 Å². The van der Waals surface area contributed by atoms with Crippen molar-refractivity contribution < 1.29 is 13.2 Å². The van der Waals surface area contributed by atoms with Gasteiger partial charge in [0.25, 0.3) is 0 Å². The first-order chi connectivity index (χ1) is 9.29. The number of rotatable bonds is 3. The molecule has 0 aromatic heterocycles. The van der Waals surface area contributed by atoms with Gasteiger partial charge in [-0.15, -0.1) is 0 Å². The molecule has 0 bridgehead atoms. The third-order valence-electron chi connectivity index (χ3n) is 3.45. The van der Waals surface area contributed by atoms with E-state index in [-0.39, 0.29) is 16.7 Å². The number of carbonyl (C=O) groups excluding carboxylic acids is 1. The molecule has 20 heavy (non-hydrogen) atoms. The maximum Gasteiger partial charge on any atom is 0.240 e. The number of carbonyl (C=O) groups is 1. The number of amides is 1. The molecule has 1 atom stereocenters. The van der Waals surface area contributed by atoms with Crippen LogP contribution < -0.4 is 21.5 Å². The summed E-state index contributed by atoms with van der Waals surface area (Å²) in [5, 5.41) is 5.23. The molecule has 0 aliphatic carbocycles. The molecule has 1 aromatic carbocycles. The number of nitrogen functional groups attached to an aromatic ring is 1. The molecule has 7 nitrogen and oxygen atoms in total. The predicted molar refractivity (Wildman–Crippen MR) is 76.4 cm³/mol. The largest absolute Gasteiger partial charge is 0.399 e. The summed E-state index contributed by atoms with van der Waals surface area (Å²) in [6.45, 7) is 1.04. The molecule has 1 aliphatic rings. The Balaban J connectivity index is 2.40. The van der Waals surface area contributed by atoms with Gasteiger partial charge in [0.15, 0.2) is 0 Å². The van der Waals surface area contributed by atoms with Crippen molar-refractivity contribution in [2.75, 3.05) is 23.7 Å². The van der Waals surface area contributed by atoms with Crippen LogP contribution >= 0.6 is 0 Å². The van der Waals surface area contributed by atoms with Gasteiger partial charge in [-0.2, -0.15) is 0 Å². The number of piperidine rings is 1. The highest BCUT2D eigenvalue weighted by Crippen LogP contribution is 2.30. The van der Waals surface area contributed by atoms with Crippen LogP contribution in [0.3, 0.4) is 0 Å². The third-order valence-corrected chi connectivity index (χ3v) is 4.39. The fraction of sp³-hybridized carbons (Fsp3) is 0.417. The van der Waals surface area contributed by atoms with Gasteiger partial charge >= 0.3 is 0 Å². The van der Waals surface area contributed by atoms with Crippen LogP contribution in [0.1, 0.15) is 12.8 Å². The van der Waals surface area contributed by atoms with E-state index in [2.05, 4.69) is 0 Å². The Bertz CT molecular complexity index is 630. The number of nitrogens with two attached hydrogens (primary N) is 3. The van der Waals surface area contributed by atoms with Crippen LogP contribution in [0.2, 0.25) is 0 Å². The molecule has 1 saturated heterocycles. The van der Waals surface area contributed by atoms with Crippen LogP contribution in [0.25, 0.3) is 0 Å². The maximum absolute atomic E-state index is 11.7. The lowest BCUT2D eigenvalue weighted by Crippen LogP contribution is -2.41. The summed E-state index contributed by atoms with van der Waals surface area (Å²) in [6, 6.07) is 4.55. The van der Waals surface area contributed by atoms with Gasteiger partial charge in [-0.1, -0.05) is 0 Å². The van der Waals surface area contributed by atoms with Crippen LogP contribution in [-0.4, -0.2) is 27.4 Å². The highest BCUT2D eigenvalue weighted by atomic mass is 32.2. The van der Waals surface area contributed by atoms with Crippen molar-refractivity contribution in [2.24, 2.45) is 16.8 Å². The topological polar surface area (TPSA) is 133 Å². The summed E-state index contributed by atoms with van der Waals surface area (Å²) in [5.74, 6) is -0.656. The van der Waals surface area contributed by atoms with E-state index in [1.165, 1.54) is 6.07 Å². The molecule has 2 rings (SSSR count). The Morgan fingerprint density at radius 1 is 1.35 bits per heavy atom. The van der Waals surface area contributed by atoms with E-state index in [0.717, 1.165) is 6.42 Å². The average molecular weight is 298 g/mol. The van der Waals surface area contributed by atoms with Crippen LogP contribution in [0.5, 0.6) is 0 Å². The van der Waals surface area contributed by atoms with E-state index in [0.29, 0.717) is 30.9 Å². The molecule has 1 aliphatic heterocycles. The molecule has 1 fully saturated rings. The highest BCUT2D eigenvalue weighted by molar-refractivity contribution is 7.89. The summed E-state index contributed by atoms with van der Waals surface area (Å²) < 4.78 is 23.3. The Labute approximate surface area is 117 Å². The molecule has 0 radical (unpaired) electrons. The molecule has 1 amide bonds. The molecule has 1 unspecified atom stereocenters. The van der Waals surface area contributed by atoms with Gasteiger partial charge in [0.05, 0.1) is 11.6 Å². The van der Waals surface area contributed by atoms with E-state index in [9.17, 15) is 13.2 Å². The molecule has 1 aromatic rings. The van der Waals surface area contributed by atoms with E-state index in [4.69, 9.17) is 16.6 Å². The molecular formula is C12H18N4O3S. The van der Waals surface area contributed by atoms with Crippen molar-refractivity contribution in [1.29, 1.82) is 0 Å². The summed E-state index contributed by atoms with van der Waals surface area (Å²) in [6.07, 6.45) is 1.48. The van der Waals surface area contributed by atoms with E-state index >= 15 is 0 Å². The molecule has 0 saturated carbocycles. The zero-order valence-corrected chi connectivity index (χ0v) is 11.8. The van der Waals surface area contributed by atoms with Gasteiger partial charge in [0.1, 0.15) is 4.90 Å². The highest BCUT2D eigenvalue weighted by Gasteiger charge is 2.27. The number of anilines is 2. The van der Waals surface area contributed by atoms with Crippen molar-refractivity contribution in [3.8, 4) is 0 Å². The molecule has 6 N–H and O–H groups in total. The minimum atomic E-state index is -3.88. The SMILES string of the molecule is NC(=O)C1CCCN(c2ccc(N)cc2S(N)(=O)=O)C1. The Morgan fingerprint density at radius 2 is 2.05 bits per heavy atom. The Kier molecular flexibility index (Phi) is 3.87. The normalized spacial score (nSPS) is 19.9. The fourth-order valence-electron chi connectivity index (χ4n) is 2.45. The first-order valence-corrected chi connectivity index (χ1v) is 7.80. The van der Waals surface area contributed by atoms with Gasteiger partial charge in [0, 0.05) is 18.8 Å². The smallest absolute Gasteiger partial charge is 0.240 e. The van der Waals surface area contributed by atoms with E-state index < -0.39 is 10.0 Å². The fourth-order valence-corrected chi connectivity index (χ4v) is 3.24. The number of sulfonamides is 1. The number of primary amides is 1. The van der Waals surface area contributed by atoms with Crippen LogP contribution in [0, 0.1) is 5.92 Å². The lowest BCUT2D eigenvalue weighted by atomic mass is 9.97. The van der Waals surface area contributed by atoms with Crippen LogP contribution in [-0.2, 0) is 14.8 Å². The maximum atomic E-state index is 11.7. The molecule has 1 heterocycles. The summed E-state index contributed by atoms with van der Waals surface area (Å²) in [7, 11) is -3.88. The molecule has 8 heteroatoms. The summed E-state index contributed by atoms with van der Waals surface area (Å²) in [4.78, 5) is 13.1. The lowest BCUT2D eigenvalue weighted by Gasteiger charge is -2.34. The molecule has 110 valence electrons. The number of primary sulfonamides is 1. The zero-order valence-electron chi connectivity index (χ0n) is 11.0. The first-order valence-electron chi connectivity index (χ1n) is 6.25. The summed E-state index contributed by atoms with van der Waals surface area (Å²) in [5.41, 5.74) is 11.7. The Hall–Kier alpha value is -1.80. The van der Waals surface area contributed by atoms with E-state index in [1.54, 1.807) is 12.1 Å². The third kappa shape index (κ3) is 3.02. The number of hydrogen-bond acceptors (Lipinski definition) is 5. The molecule has 0 spiro atoms. The number of hydrogen-bond donors (Lipinski definition) is 3. The van der Waals surface area contributed by atoms with Crippen molar-refractivity contribution in [1.82, 2.24) is 0 Å². The van der Waals surface area contributed by atoms with Crippen molar-refractivity contribution in [3.05, 3.63) is 18.2 Å². The van der Waals surface area contributed by atoms with Gasteiger partial charge < -0.3 is 16.4 Å². The standard InChI is InChI=1S/C12H18N4O3S/c13-9-3-4-10(11(6-9)20(15,18)19)16-5-1-2-8(7-16)12(14)17/h3-4,6,8H,1-2,5,7,13H2,(H2,14,17)(H2,15,18,19). The molecular weight excluding hydrogens is 280 g/mol. The first kappa shape index (κ1) is 14.6. The van der Waals surface area contributed by atoms with Crippen LogP contribution in [0.15, 0.2) is 23.1 Å². The quantitative estimate of drug-likeness (QED) is 0.654. The van der Waals surface area contributed by atoms with Gasteiger partial charge in [0.2, 0.25) is 15.9 Å². The van der Waals surface area contributed by atoms with Gasteiger partial charge in [-0.05, 0) is 31.0 Å². The number of nitrogens with zero attached hydrogens (tertiary/aromatic N) is 1. The minimum absolute atomic E-state index is 0.0254. The summed E-state index contributed by atoms with van der Waals surface area (Å²) >= 11 is 0. The van der Waals surface area contributed by atoms with Crippen LogP contribution in [0.4, 0.5) is 11.4 Å². The lowest BCUT2D eigenvalue weighted by molar-refractivity contribution is -0.122. The zero-order chi connectivity index (χ0) is 14.9. The van der Waals surface area contributed by atoms with Gasteiger partial charge in [-0.25, -0.2) is 13.6 Å². The predicted octanol–water partition coefficient (Wildman–Crippen LogP) is -0.382. The average Bonchev–Trinajstić information content (AvgIpc) is 2.37. The monoisotopic (exact) mass is 298 g/mol. The van der Waals surface area contributed by atoms with E-state index in [1.807, 2.05) is 4.90 Å².